The van der Waals surface area contributed by atoms with E-state index < -0.39 is 10.1 Å². The minimum absolute atomic E-state index is 0.119. The number of carbonyl (C=O) groups is 1. The van der Waals surface area contributed by atoms with Crippen molar-refractivity contribution in [2.75, 3.05) is 25.2 Å². The molecule has 0 saturated carbocycles. The van der Waals surface area contributed by atoms with Crippen LogP contribution in [0, 0.1) is 26.7 Å². The second kappa shape index (κ2) is 15.7. The van der Waals surface area contributed by atoms with E-state index in [-0.39, 0.29) is 23.2 Å². The molecule has 260 valence electrons. The third-order valence-corrected chi connectivity index (χ3v) is 8.51. The molecule has 0 amide bonds. The Labute approximate surface area is 292 Å². The predicted octanol–water partition coefficient (Wildman–Crippen LogP) is 6.50. The van der Waals surface area contributed by atoms with Crippen LogP contribution in [0.2, 0.25) is 0 Å². The minimum Gasteiger partial charge on any atom is -0.383 e. The number of hydrogen-bond acceptors (Lipinski definition) is 8. The van der Waals surface area contributed by atoms with Gasteiger partial charge in [0.15, 0.2) is 11.2 Å². The molecule has 0 atom stereocenters. The second-order valence-corrected chi connectivity index (χ2v) is 14.3. The number of anilines is 1. The maximum atomic E-state index is 13.7. The van der Waals surface area contributed by atoms with E-state index in [4.69, 9.17) is 15.0 Å². The van der Waals surface area contributed by atoms with Gasteiger partial charge in [0.1, 0.15) is 5.82 Å². The van der Waals surface area contributed by atoms with Crippen LogP contribution in [-0.4, -0.2) is 52.8 Å². The van der Waals surface area contributed by atoms with Gasteiger partial charge in [-0.05, 0) is 80.0 Å². The van der Waals surface area contributed by atoms with Crippen LogP contribution >= 0.6 is 0 Å². The Morgan fingerprint density at radius 1 is 0.880 bits per heavy atom. The first kappa shape index (κ1) is 36.3. The number of hydrogen-bond donors (Lipinski definition) is 2. The quantitative estimate of drug-likeness (QED) is 0.137. The highest BCUT2D eigenvalue weighted by atomic mass is 32.2. The number of nitrogens with zero attached hydrogens (tertiary/aromatic N) is 3. The van der Waals surface area contributed by atoms with Gasteiger partial charge >= 0.3 is 0 Å². The standard InChI is InChI=1S/C38H38N4O3.CH4O3S/c1-24-4-8-30(9-5-24)34-22-42(21-28-12-14-45-15-13-28)23-35(37(34)44)36(43)18-27-6-10-29(11-7-27)33-19-32(20-40-38(33)39)31-16-25(2)41-26(3)17-31;1-5(2,3)4/h4-11,16-17,19-20,22-23,28H,12-15,18,21H2,1-3H3,(H2,39,40);1H3,(H,2,3,4). The molecule has 1 aliphatic heterocycles. The van der Waals surface area contributed by atoms with Crippen LogP contribution in [0.25, 0.3) is 33.4 Å². The third-order valence-electron chi connectivity index (χ3n) is 8.51. The van der Waals surface area contributed by atoms with Gasteiger partial charge in [-0.15, -0.1) is 0 Å². The highest BCUT2D eigenvalue weighted by Gasteiger charge is 2.20. The van der Waals surface area contributed by atoms with E-state index in [1.165, 1.54) is 0 Å². The zero-order valence-corrected chi connectivity index (χ0v) is 29.5. The summed E-state index contributed by atoms with van der Waals surface area (Å²) in [6.45, 7) is 8.19. The Balaban J connectivity index is 0.000000908. The summed E-state index contributed by atoms with van der Waals surface area (Å²) in [5.41, 5.74) is 15.2. The Morgan fingerprint density at radius 2 is 1.46 bits per heavy atom. The summed E-state index contributed by atoms with van der Waals surface area (Å²) in [5, 5.41) is 0. The highest BCUT2D eigenvalue weighted by molar-refractivity contribution is 7.85. The maximum Gasteiger partial charge on any atom is 0.261 e. The molecule has 0 radical (unpaired) electrons. The number of ether oxygens (including phenoxy) is 1. The molecule has 0 bridgehead atoms. The van der Waals surface area contributed by atoms with Crippen molar-refractivity contribution >= 4 is 21.7 Å². The summed E-state index contributed by atoms with van der Waals surface area (Å²) in [6.07, 6.45) is 8.18. The topological polar surface area (TPSA) is 154 Å². The van der Waals surface area contributed by atoms with Crippen molar-refractivity contribution in [1.29, 1.82) is 0 Å². The molecule has 1 fully saturated rings. The lowest BCUT2D eigenvalue weighted by Crippen LogP contribution is -2.25. The van der Waals surface area contributed by atoms with E-state index >= 15 is 0 Å². The lowest BCUT2D eigenvalue weighted by Gasteiger charge is -2.23. The molecule has 10 nitrogen and oxygen atoms in total. The van der Waals surface area contributed by atoms with Gasteiger partial charge in [0.25, 0.3) is 10.1 Å². The monoisotopic (exact) mass is 694 g/mol. The molecule has 0 aliphatic carbocycles. The first-order valence-electron chi connectivity index (χ1n) is 16.4. The molecule has 0 spiro atoms. The van der Waals surface area contributed by atoms with Crippen molar-refractivity contribution in [3.63, 3.8) is 0 Å². The van der Waals surface area contributed by atoms with Crippen molar-refractivity contribution in [2.24, 2.45) is 5.92 Å². The van der Waals surface area contributed by atoms with Gasteiger partial charge in [0, 0.05) is 72.8 Å². The molecule has 1 aliphatic rings. The van der Waals surface area contributed by atoms with E-state index in [9.17, 15) is 18.0 Å². The number of pyridine rings is 3. The summed E-state index contributed by atoms with van der Waals surface area (Å²) in [5.74, 6) is 0.673. The van der Waals surface area contributed by atoms with Crippen LogP contribution in [0.3, 0.4) is 0 Å². The number of nitrogen functional groups attached to an aromatic ring is 1. The van der Waals surface area contributed by atoms with Crippen LogP contribution in [0.15, 0.2) is 90.1 Å². The van der Waals surface area contributed by atoms with Crippen molar-refractivity contribution in [3.05, 3.63) is 124 Å². The van der Waals surface area contributed by atoms with E-state index in [2.05, 4.69) is 9.97 Å². The van der Waals surface area contributed by atoms with Crippen molar-refractivity contribution in [3.8, 4) is 33.4 Å². The first-order chi connectivity index (χ1) is 23.7. The molecule has 50 heavy (non-hydrogen) atoms. The summed E-state index contributed by atoms with van der Waals surface area (Å²) < 4.78 is 33.4. The number of aryl methyl sites for hydroxylation is 3. The summed E-state index contributed by atoms with van der Waals surface area (Å²) in [7, 11) is -3.67. The van der Waals surface area contributed by atoms with Crippen LogP contribution in [0.4, 0.5) is 5.82 Å². The highest BCUT2D eigenvalue weighted by Crippen LogP contribution is 2.30. The number of benzene rings is 2. The molecular weight excluding hydrogens is 653 g/mol. The molecule has 2 aromatic carbocycles. The molecule has 11 heteroatoms. The lowest BCUT2D eigenvalue weighted by atomic mass is 9.96. The molecule has 3 aromatic heterocycles. The molecule has 4 heterocycles. The average Bonchev–Trinajstić information content (AvgIpc) is 3.06. The van der Waals surface area contributed by atoms with Gasteiger partial charge in [-0.1, -0.05) is 54.1 Å². The molecule has 1 saturated heterocycles. The third kappa shape index (κ3) is 9.81. The van der Waals surface area contributed by atoms with Gasteiger partial charge in [-0.2, -0.15) is 8.42 Å². The molecule has 5 aromatic rings. The second-order valence-electron chi connectivity index (χ2n) is 12.9. The fraction of sp³-hybridized carbons (Fsp3) is 0.282. The predicted molar refractivity (Wildman–Crippen MR) is 197 cm³/mol. The summed E-state index contributed by atoms with van der Waals surface area (Å²) in [6, 6.07) is 21.7. The van der Waals surface area contributed by atoms with Gasteiger partial charge in [0.2, 0.25) is 0 Å². The zero-order chi connectivity index (χ0) is 36.0. The number of rotatable bonds is 8. The van der Waals surface area contributed by atoms with Gasteiger partial charge in [0.05, 0.1) is 11.8 Å². The first-order valence-corrected chi connectivity index (χ1v) is 18.2. The Hall–Kier alpha value is -4.97. The fourth-order valence-corrected chi connectivity index (χ4v) is 6.05. The van der Waals surface area contributed by atoms with Crippen LogP contribution in [-0.2, 0) is 27.8 Å². The van der Waals surface area contributed by atoms with Crippen LogP contribution in [0.1, 0.15) is 45.7 Å². The molecule has 0 unspecified atom stereocenters. The minimum atomic E-state index is -3.67. The van der Waals surface area contributed by atoms with Gasteiger partial charge in [-0.25, -0.2) is 4.98 Å². The molecular formula is C39H42N4O6S. The number of ketones is 1. The van der Waals surface area contributed by atoms with Crippen molar-refractivity contribution < 1.29 is 22.5 Å². The maximum absolute atomic E-state index is 13.7. The number of aromatic nitrogens is 3. The van der Waals surface area contributed by atoms with E-state index in [1.807, 2.05) is 98.3 Å². The van der Waals surface area contributed by atoms with Crippen molar-refractivity contribution in [2.45, 2.75) is 46.6 Å². The van der Waals surface area contributed by atoms with E-state index in [0.29, 0.717) is 23.6 Å². The smallest absolute Gasteiger partial charge is 0.261 e. The van der Waals surface area contributed by atoms with Gasteiger partial charge < -0.3 is 15.0 Å². The van der Waals surface area contributed by atoms with E-state index in [1.54, 1.807) is 12.4 Å². The Kier molecular flexibility index (Phi) is 11.4. The van der Waals surface area contributed by atoms with Crippen LogP contribution < -0.4 is 11.2 Å². The Bertz CT molecular complexity index is 2130. The number of carbonyl (C=O) groups excluding carboxylic acids is 1. The largest absolute Gasteiger partial charge is 0.383 e. The lowest BCUT2D eigenvalue weighted by molar-refractivity contribution is 0.0612. The number of Topliss-reactive ketones (excluding diaryl/α,β-unsaturated/α-hetero) is 1. The fourth-order valence-electron chi connectivity index (χ4n) is 6.05. The number of nitrogens with two attached hydrogens (primary N) is 1. The SMILES string of the molecule is CS(=O)(=O)O.Cc1ccc(-c2cn(CC3CCOCC3)cc(C(=O)Cc3ccc(-c4cc(-c5cc(C)nc(C)c5)cnc4N)cc3)c2=O)cc1. The average molecular weight is 695 g/mol. The summed E-state index contributed by atoms with van der Waals surface area (Å²) >= 11 is 0. The molecule has 6 rings (SSSR count). The van der Waals surface area contributed by atoms with Crippen LogP contribution in [0.5, 0.6) is 0 Å². The summed E-state index contributed by atoms with van der Waals surface area (Å²) in [4.78, 5) is 36.4. The Morgan fingerprint density at radius 3 is 2.08 bits per heavy atom. The van der Waals surface area contributed by atoms with Gasteiger partial charge in [-0.3, -0.25) is 19.1 Å². The zero-order valence-electron chi connectivity index (χ0n) is 28.7. The normalized spacial score (nSPS) is 13.4. The molecule has 3 N–H and O–H groups in total. The van der Waals surface area contributed by atoms with E-state index in [0.717, 1.165) is 82.9 Å². The van der Waals surface area contributed by atoms with Crippen molar-refractivity contribution in [1.82, 2.24) is 14.5 Å².